The van der Waals surface area contributed by atoms with Crippen LogP contribution in [0.4, 0.5) is 0 Å². The van der Waals surface area contributed by atoms with Gasteiger partial charge in [-0.2, -0.15) is 0 Å². The van der Waals surface area contributed by atoms with Crippen molar-refractivity contribution in [2.45, 2.75) is 32.7 Å². The van der Waals surface area contributed by atoms with Gasteiger partial charge in [0.2, 0.25) is 0 Å². The van der Waals surface area contributed by atoms with E-state index in [1.54, 1.807) is 38.7 Å². The predicted molar refractivity (Wildman–Crippen MR) is 110 cm³/mol. The number of imidazole rings is 1. The monoisotopic (exact) mass is 398 g/mol. The van der Waals surface area contributed by atoms with Gasteiger partial charge in [-0.25, -0.2) is 4.98 Å². The van der Waals surface area contributed by atoms with Gasteiger partial charge in [0.15, 0.2) is 0 Å². The van der Waals surface area contributed by atoms with E-state index in [0.29, 0.717) is 17.1 Å². The smallest absolute Gasteiger partial charge is 0.254 e. The lowest BCUT2D eigenvalue weighted by Gasteiger charge is -2.40. The number of aryl methyl sites for hydroxylation is 1. The average molecular weight is 399 g/mol. The number of carbonyl (C=O) groups is 1. The van der Waals surface area contributed by atoms with Crippen molar-refractivity contribution in [3.63, 3.8) is 0 Å². The number of nitrogens with one attached hydrogen (secondary N) is 1. The van der Waals surface area contributed by atoms with Crippen molar-refractivity contribution >= 4 is 5.91 Å². The first-order valence-corrected chi connectivity index (χ1v) is 10.3. The molecule has 29 heavy (non-hydrogen) atoms. The van der Waals surface area contributed by atoms with E-state index >= 15 is 0 Å². The zero-order valence-corrected chi connectivity index (χ0v) is 17.5. The van der Waals surface area contributed by atoms with Gasteiger partial charge in [-0.1, -0.05) is 0 Å². The summed E-state index contributed by atoms with van der Waals surface area (Å²) in [6.45, 7) is 6.66. The Morgan fingerprint density at radius 3 is 2.55 bits per heavy atom. The standard InChI is InChI=1S/C22H30N4O3/c1-16-20(24-15-23-16)12-25-7-4-5-22(13-25)6-8-26(14-22)21(27)17-9-18(28-2)11-19(10-17)29-3/h9-11,15H,4-8,12-14H2,1-3H3,(H,23,24)/t22-/m1/s1. The van der Waals surface area contributed by atoms with Crippen LogP contribution in [0, 0.1) is 12.3 Å². The molecule has 7 nitrogen and oxygen atoms in total. The van der Waals surface area contributed by atoms with E-state index in [1.807, 2.05) is 4.90 Å². The summed E-state index contributed by atoms with van der Waals surface area (Å²) in [7, 11) is 3.21. The minimum atomic E-state index is 0.0549. The van der Waals surface area contributed by atoms with Crippen molar-refractivity contribution in [2.75, 3.05) is 40.4 Å². The number of rotatable bonds is 5. The second-order valence-electron chi connectivity index (χ2n) is 8.37. The molecule has 3 heterocycles. The lowest BCUT2D eigenvalue weighted by molar-refractivity contribution is 0.0672. The molecule has 0 unspecified atom stereocenters. The molecule has 2 fully saturated rings. The average Bonchev–Trinajstić information content (AvgIpc) is 3.33. The predicted octanol–water partition coefficient (Wildman–Crippen LogP) is 2.86. The number of carbonyl (C=O) groups excluding carboxylic acids is 1. The fourth-order valence-electron chi connectivity index (χ4n) is 4.76. The zero-order valence-electron chi connectivity index (χ0n) is 17.5. The molecule has 1 amide bonds. The summed E-state index contributed by atoms with van der Waals surface area (Å²) in [6.07, 6.45) is 5.16. The molecule has 0 bridgehead atoms. The third-order valence-corrected chi connectivity index (χ3v) is 6.37. The van der Waals surface area contributed by atoms with Crippen LogP contribution in [0.15, 0.2) is 24.5 Å². The third-order valence-electron chi connectivity index (χ3n) is 6.37. The summed E-state index contributed by atoms with van der Waals surface area (Å²) in [5, 5.41) is 0. The SMILES string of the molecule is COc1cc(OC)cc(C(=O)N2CC[C@@]3(CCCN(Cc4nc[nH]c4C)C3)C2)c1. The normalized spacial score (nSPS) is 22.2. The van der Waals surface area contributed by atoms with Crippen molar-refractivity contribution < 1.29 is 14.3 Å². The Morgan fingerprint density at radius 2 is 1.90 bits per heavy atom. The summed E-state index contributed by atoms with van der Waals surface area (Å²) < 4.78 is 10.7. The Morgan fingerprint density at radius 1 is 1.14 bits per heavy atom. The molecule has 2 aliphatic rings. The Kier molecular flexibility index (Phi) is 5.50. The molecule has 0 aliphatic carbocycles. The molecule has 156 valence electrons. The summed E-state index contributed by atoms with van der Waals surface area (Å²) in [5.41, 5.74) is 3.07. The van der Waals surface area contributed by atoms with Gasteiger partial charge in [-0.15, -0.1) is 0 Å². The highest BCUT2D eigenvalue weighted by Gasteiger charge is 2.43. The van der Waals surface area contributed by atoms with Gasteiger partial charge in [-0.3, -0.25) is 9.69 Å². The molecule has 1 aromatic carbocycles. The molecular weight excluding hydrogens is 368 g/mol. The Bertz CT molecular complexity index is 858. The van der Waals surface area contributed by atoms with E-state index in [-0.39, 0.29) is 11.3 Å². The topological polar surface area (TPSA) is 70.7 Å². The van der Waals surface area contributed by atoms with E-state index in [1.165, 1.54) is 12.8 Å². The van der Waals surface area contributed by atoms with Crippen molar-refractivity contribution in [2.24, 2.45) is 5.41 Å². The van der Waals surface area contributed by atoms with Crippen LogP contribution in [-0.4, -0.2) is 66.1 Å². The van der Waals surface area contributed by atoms with E-state index in [9.17, 15) is 4.79 Å². The van der Waals surface area contributed by atoms with E-state index in [2.05, 4.69) is 21.8 Å². The number of aromatic nitrogens is 2. The van der Waals surface area contributed by atoms with Gasteiger partial charge >= 0.3 is 0 Å². The van der Waals surface area contributed by atoms with Crippen LogP contribution in [0.1, 0.15) is 41.0 Å². The highest BCUT2D eigenvalue weighted by molar-refractivity contribution is 5.95. The van der Waals surface area contributed by atoms with E-state index < -0.39 is 0 Å². The molecule has 2 saturated heterocycles. The number of amides is 1. The summed E-state index contributed by atoms with van der Waals surface area (Å²) in [5.74, 6) is 1.33. The summed E-state index contributed by atoms with van der Waals surface area (Å²) in [4.78, 5) is 25.3. The van der Waals surface area contributed by atoms with Crippen molar-refractivity contribution in [1.29, 1.82) is 0 Å². The molecule has 1 aromatic heterocycles. The molecular formula is C22H30N4O3. The molecule has 1 N–H and O–H groups in total. The second kappa shape index (κ2) is 8.06. The lowest BCUT2D eigenvalue weighted by Crippen LogP contribution is -2.45. The van der Waals surface area contributed by atoms with E-state index in [4.69, 9.17) is 9.47 Å². The number of ether oxygens (including phenoxy) is 2. The maximum atomic E-state index is 13.2. The van der Waals surface area contributed by atoms with Crippen molar-refractivity contribution in [3.05, 3.63) is 41.5 Å². The minimum Gasteiger partial charge on any atom is -0.497 e. The Labute approximate surface area is 172 Å². The van der Waals surface area contributed by atoms with Crippen LogP contribution in [0.3, 0.4) is 0 Å². The second-order valence-corrected chi connectivity index (χ2v) is 8.37. The first kappa shape index (κ1) is 19.8. The van der Waals surface area contributed by atoms with Gasteiger partial charge in [0.05, 0.1) is 26.2 Å². The van der Waals surface area contributed by atoms with Crippen LogP contribution in [0.25, 0.3) is 0 Å². The molecule has 0 saturated carbocycles. The molecule has 1 spiro atoms. The molecule has 1 atom stereocenters. The maximum Gasteiger partial charge on any atom is 0.254 e. The zero-order chi connectivity index (χ0) is 20.4. The first-order chi connectivity index (χ1) is 14.0. The first-order valence-electron chi connectivity index (χ1n) is 10.3. The fraction of sp³-hybridized carbons (Fsp3) is 0.545. The quantitative estimate of drug-likeness (QED) is 0.839. The fourth-order valence-corrected chi connectivity index (χ4v) is 4.76. The largest absolute Gasteiger partial charge is 0.497 e. The number of benzene rings is 1. The number of piperidine rings is 1. The van der Waals surface area contributed by atoms with Gasteiger partial charge in [0, 0.05) is 48.9 Å². The van der Waals surface area contributed by atoms with Gasteiger partial charge in [0.25, 0.3) is 5.91 Å². The summed E-state index contributed by atoms with van der Waals surface area (Å²) in [6, 6.07) is 5.38. The van der Waals surface area contributed by atoms with Crippen LogP contribution in [0.5, 0.6) is 11.5 Å². The Balaban J connectivity index is 1.45. The number of H-pyrrole nitrogens is 1. The highest BCUT2D eigenvalue weighted by Crippen LogP contribution is 2.40. The van der Waals surface area contributed by atoms with Crippen LogP contribution in [-0.2, 0) is 6.54 Å². The van der Waals surface area contributed by atoms with Gasteiger partial charge < -0.3 is 19.4 Å². The third kappa shape index (κ3) is 4.10. The molecule has 4 rings (SSSR count). The van der Waals surface area contributed by atoms with Crippen LogP contribution >= 0.6 is 0 Å². The van der Waals surface area contributed by atoms with Crippen molar-refractivity contribution in [1.82, 2.24) is 19.8 Å². The molecule has 0 radical (unpaired) electrons. The number of methoxy groups -OCH3 is 2. The minimum absolute atomic E-state index is 0.0549. The molecule has 2 aliphatic heterocycles. The Hall–Kier alpha value is -2.54. The maximum absolute atomic E-state index is 13.2. The summed E-state index contributed by atoms with van der Waals surface area (Å²) >= 11 is 0. The number of hydrogen-bond acceptors (Lipinski definition) is 5. The number of likely N-dealkylation sites (tertiary alicyclic amines) is 2. The van der Waals surface area contributed by atoms with E-state index in [0.717, 1.165) is 50.5 Å². The van der Waals surface area contributed by atoms with Crippen LogP contribution in [0.2, 0.25) is 0 Å². The number of hydrogen-bond donors (Lipinski definition) is 1. The molecule has 7 heteroatoms. The lowest BCUT2D eigenvalue weighted by atomic mass is 9.79. The molecule has 2 aromatic rings. The highest BCUT2D eigenvalue weighted by atomic mass is 16.5. The van der Waals surface area contributed by atoms with Crippen molar-refractivity contribution in [3.8, 4) is 11.5 Å². The van der Waals surface area contributed by atoms with Gasteiger partial charge in [-0.05, 0) is 44.9 Å². The number of nitrogens with zero attached hydrogens (tertiary/aromatic N) is 3. The number of aromatic amines is 1. The van der Waals surface area contributed by atoms with Gasteiger partial charge in [0.1, 0.15) is 11.5 Å². The van der Waals surface area contributed by atoms with Crippen LogP contribution < -0.4 is 9.47 Å².